The number of hydrogen-bond acceptors (Lipinski definition) is 9. The van der Waals surface area contributed by atoms with Crippen LogP contribution in [0.3, 0.4) is 0 Å². The maximum Gasteiger partial charge on any atom is 0.243 e. The van der Waals surface area contributed by atoms with Crippen molar-refractivity contribution in [3.63, 3.8) is 0 Å². The van der Waals surface area contributed by atoms with Crippen molar-refractivity contribution in [3.8, 4) is 0 Å². The Morgan fingerprint density at radius 3 is 1.53 bits per heavy atom. The van der Waals surface area contributed by atoms with E-state index in [9.17, 15) is 28.8 Å². The average molecular weight is 833 g/mol. The molecule has 0 aromatic heterocycles. The minimum absolute atomic E-state index is 0.0131. The van der Waals surface area contributed by atoms with Gasteiger partial charge in [-0.15, -0.1) is 0 Å². The van der Waals surface area contributed by atoms with Crippen molar-refractivity contribution in [2.24, 2.45) is 17.8 Å². The number of hydrogen-bond donors (Lipinski definition) is 5. The number of nitrogens with zero attached hydrogens (tertiary/aromatic N) is 1. The van der Waals surface area contributed by atoms with Gasteiger partial charge >= 0.3 is 0 Å². The molecule has 0 spiro atoms. The number of carbonyl (C=O) groups excluding carboxylic acids is 6. The first-order valence-corrected chi connectivity index (χ1v) is 21.6. The van der Waals surface area contributed by atoms with Crippen molar-refractivity contribution in [1.82, 2.24) is 31.5 Å². The Morgan fingerprint density at radius 2 is 1.03 bits per heavy atom. The van der Waals surface area contributed by atoms with Gasteiger partial charge in [0.15, 0.2) is 5.78 Å². The van der Waals surface area contributed by atoms with E-state index in [4.69, 9.17) is 9.47 Å². The number of aryl methyl sites for hydroxylation is 1. The molecule has 60 heavy (non-hydrogen) atoms. The van der Waals surface area contributed by atoms with Crippen molar-refractivity contribution in [3.05, 3.63) is 71.8 Å². The van der Waals surface area contributed by atoms with E-state index in [1.54, 1.807) is 6.92 Å². The average Bonchev–Trinajstić information content (AvgIpc) is 3.96. The molecule has 0 saturated carbocycles. The molecule has 2 aliphatic rings. The Kier molecular flexibility index (Phi) is 18.7. The molecule has 2 fully saturated rings. The Hall–Kier alpha value is -4.66. The number of carbonyl (C=O) groups is 6. The second-order valence-corrected chi connectivity index (χ2v) is 17.7. The van der Waals surface area contributed by atoms with Crippen LogP contribution in [0.15, 0.2) is 60.7 Å². The minimum Gasteiger partial charge on any atom is -0.379 e. The SMILES string of the molecule is CC(C)CC(NC(=O)C(CCc1ccccc1)NC(=O)CN1CCOCC1)C(=O)NC(CC(C)C)C(=O)NC(Cc1ccccc1)C(=O)NC(CC(C)C)C(=O)[C@@]1(C)CO1. The van der Waals surface area contributed by atoms with Gasteiger partial charge in [0.25, 0.3) is 0 Å². The van der Waals surface area contributed by atoms with Gasteiger partial charge in [-0.3, -0.25) is 33.7 Å². The molecule has 2 aliphatic heterocycles. The van der Waals surface area contributed by atoms with E-state index >= 15 is 0 Å². The summed E-state index contributed by atoms with van der Waals surface area (Å²) in [6.45, 7) is 16.0. The lowest BCUT2D eigenvalue weighted by Crippen LogP contribution is -2.60. The molecular weight excluding hydrogens is 765 g/mol. The molecule has 5 unspecified atom stereocenters. The summed E-state index contributed by atoms with van der Waals surface area (Å²) in [5.74, 6) is -2.59. The fourth-order valence-corrected chi connectivity index (χ4v) is 7.30. The van der Waals surface area contributed by atoms with E-state index in [1.807, 2.05) is 107 Å². The smallest absolute Gasteiger partial charge is 0.243 e. The van der Waals surface area contributed by atoms with Gasteiger partial charge in [0.05, 0.1) is 32.4 Å². The van der Waals surface area contributed by atoms with Crippen molar-refractivity contribution in [2.45, 2.75) is 123 Å². The molecule has 5 amide bonds. The molecule has 0 bridgehead atoms. The molecule has 2 aromatic rings. The number of nitrogens with one attached hydrogen (secondary N) is 5. The van der Waals surface area contributed by atoms with E-state index in [2.05, 4.69) is 26.6 Å². The summed E-state index contributed by atoms with van der Waals surface area (Å²) in [4.78, 5) is 85.2. The first kappa shape index (κ1) is 48.0. The standard InChI is InChI=1S/C46H68N6O8/c1-30(2)24-36(41(54)46(7)29-60-46)48-45(58)39(27-34-16-12-9-13-17-34)51-44(57)38(26-32(5)6)50-43(56)37(25-31(3)4)49-42(55)35(19-18-33-14-10-8-11-15-33)47-40(53)28-52-20-22-59-23-21-52/h8-17,30-32,35-39H,18-29H2,1-7H3,(H,47,53)(H,48,58)(H,49,55)(H,50,56)(H,51,57)/t35?,36?,37?,38?,39?,46-/m1/s1. The minimum atomic E-state index is -1.07. The molecule has 2 saturated heterocycles. The van der Waals surface area contributed by atoms with Crippen LogP contribution in [0.5, 0.6) is 0 Å². The number of morpholine rings is 1. The third-order valence-corrected chi connectivity index (χ3v) is 10.7. The maximum atomic E-state index is 14.2. The van der Waals surface area contributed by atoms with Gasteiger partial charge in [-0.1, -0.05) is 102 Å². The van der Waals surface area contributed by atoms with Crippen LogP contribution in [-0.4, -0.2) is 115 Å². The number of benzene rings is 2. The predicted molar refractivity (Wildman–Crippen MR) is 230 cm³/mol. The molecule has 0 radical (unpaired) electrons. The molecule has 0 aliphatic carbocycles. The van der Waals surface area contributed by atoms with E-state index in [0.717, 1.165) is 11.1 Å². The number of ether oxygens (including phenoxy) is 2. The zero-order valence-electron chi connectivity index (χ0n) is 36.6. The highest BCUT2D eigenvalue weighted by atomic mass is 16.6. The van der Waals surface area contributed by atoms with Gasteiger partial charge in [0, 0.05) is 19.5 Å². The van der Waals surface area contributed by atoms with Crippen LogP contribution in [0, 0.1) is 17.8 Å². The molecular formula is C46H68N6O8. The van der Waals surface area contributed by atoms with Crippen molar-refractivity contribution < 1.29 is 38.2 Å². The molecule has 2 heterocycles. The quantitative estimate of drug-likeness (QED) is 0.0992. The highest BCUT2D eigenvalue weighted by molar-refractivity contribution is 5.99. The zero-order valence-corrected chi connectivity index (χ0v) is 36.6. The second kappa shape index (κ2) is 23.4. The number of rotatable bonds is 24. The van der Waals surface area contributed by atoms with E-state index in [1.165, 1.54) is 0 Å². The van der Waals surface area contributed by atoms with Crippen molar-refractivity contribution >= 4 is 35.3 Å². The van der Waals surface area contributed by atoms with Gasteiger partial charge < -0.3 is 36.1 Å². The lowest BCUT2D eigenvalue weighted by atomic mass is 9.93. The van der Waals surface area contributed by atoms with Crippen LogP contribution >= 0.6 is 0 Å². The first-order chi connectivity index (χ1) is 28.5. The molecule has 330 valence electrons. The van der Waals surface area contributed by atoms with Crippen LogP contribution in [0.2, 0.25) is 0 Å². The van der Waals surface area contributed by atoms with Gasteiger partial charge in [0.2, 0.25) is 29.5 Å². The molecule has 14 heteroatoms. The van der Waals surface area contributed by atoms with Crippen molar-refractivity contribution in [2.75, 3.05) is 39.5 Å². The number of Topliss-reactive ketones (excluding diaryl/α,β-unsaturated/α-hetero) is 1. The molecule has 2 aromatic carbocycles. The Morgan fingerprint density at radius 1 is 0.600 bits per heavy atom. The highest BCUT2D eigenvalue weighted by Crippen LogP contribution is 2.29. The van der Waals surface area contributed by atoms with Gasteiger partial charge in [-0.05, 0) is 67.9 Å². The lowest BCUT2D eigenvalue weighted by Gasteiger charge is -2.29. The van der Waals surface area contributed by atoms with Crippen molar-refractivity contribution in [1.29, 1.82) is 0 Å². The summed E-state index contributed by atoms with van der Waals surface area (Å²) in [5.41, 5.74) is 0.852. The first-order valence-electron chi connectivity index (χ1n) is 21.6. The van der Waals surface area contributed by atoms with Crippen LogP contribution in [0.4, 0.5) is 0 Å². The Labute approximate surface area is 356 Å². The fourth-order valence-electron chi connectivity index (χ4n) is 7.30. The fraction of sp³-hybridized carbons (Fsp3) is 0.609. The Bertz CT molecular complexity index is 1710. The summed E-state index contributed by atoms with van der Waals surface area (Å²) in [6, 6.07) is 14.0. The van der Waals surface area contributed by atoms with Crippen LogP contribution in [0.25, 0.3) is 0 Å². The molecule has 5 N–H and O–H groups in total. The van der Waals surface area contributed by atoms with Gasteiger partial charge in [-0.2, -0.15) is 0 Å². The van der Waals surface area contributed by atoms with Crippen LogP contribution < -0.4 is 26.6 Å². The van der Waals surface area contributed by atoms with E-state index < -0.39 is 59.4 Å². The largest absolute Gasteiger partial charge is 0.379 e. The van der Waals surface area contributed by atoms with E-state index in [-0.39, 0.29) is 61.9 Å². The normalized spacial score (nSPS) is 19.1. The topological polar surface area (TPSA) is 188 Å². The third kappa shape index (κ3) is 16.1. The molecule has 6 atom stereocenters. The maximum absolute atomic E-state index is 14.2. The lowest BCUT2D eigenvalue weighted by molar-refractivity contribution is -0.136. The van der Waals surface area contributed by atoms with Gasteiger partial charge in [0.1, 0.15) is 29.8 Å². The predicted octanol–water partition coefficient (Wildman–Crippen LogP) is 3.11. The summed E-state index contributed by atoms with van der Waals surface area (Å²) >= 11 is 0. The van der Waals surface area contributed by atoms with Crippen LogP contribution in [-0.2, 0) is 51.1 Å². The van der Waals surface area contributed by atoms with E-state index in [0.29, 0.717) is 45.6 Å². The third-order valence-electron chi connectivity index (χ3n) is 10.7. The summed E-state index contributed by atoms with van der Waals surface area (Å²) < 4.78 is 10.8. The Balaban J connectivity index is 1.52. The number of ketones is 1. The van der Waals surface area contributed by atoms with Gasteiger partial charge in [-0.25, -0.2) is 0 Å². The summed E-state index contributed by atoms with van der Waals surface area (Å²) in [6.07, 6.45) is 1.89. The number of amides is 5. The number of epoxide rings is 1. The summed E-state index contributed by atoms with van der Waals surface area (Å²) in [5, 5.41) is 14.5. The molecule has 14 nitrogen and oxygen atoms in total. The summed E-state index contributed by atoms with van der Waals surface area (Å²) in [7, 11) is 0. The highest BCUT2D eigenvalue weighted by Gasteiger charge is 2.50. The second-order valence-electron chi connectivity index (χ2n) is 17.7. The molecule has 4 rings (SSSR count). The van der Waals surface area contributed by atoms with Crippen LogP contribution in [0.1, 0.15) is 85.3 Å². The zero-order chi connectivity index (χ0) is 43.8. The monoisotopic (exact) mass is 833 g/mol.